The van der Waals surface area contributed by atoms with Crippen molar-refractivity contribution in [1.82, 2.24) is 19.9 Å². The van der Waals surface area contributed by atoms with Gasteiger partial charge in [-0.25, -0.2) is 0 Å². The molecule has 0 spiro atoms. The van der Waals surface area contributed by atoms with E-state index in [0.29, 0.717) is 38.2 Å². The van der Waals surface area contributed by atoms with Gasteiger partial charge in [-0.05, 0) is 44.2 Å². The molecule has 0 aliphatic rings. The van der Waals surface area contributed by atoms with Crippen LogP contribution in [0.1, 0.15) is 12.7 Å². The van der Waals surface area contributed by atoms with Crippen molar-refractivity contribution < 1.29 is 9.32 Å². The third kappa shape index (κ3) is 4.76. The molecule has 1 atom stereocenters. The summed E-state index contributed by atoms with van der Waals surface area (Å²) in [6, 6.07) is 16.5. The molecule has 31 heavy (non-hydrogen) atoms. The lowest BCUT2D eigenvalue weighted by Crippen LogP contribution is -2.23. The van der Waals surface area contributed by atoms with Crippen molar-refractivity contribution in [2.45, 2.75) is 24.3 Å². The predicted octanol–water partition coefficient (Wildman–Crippen LogP) is 5.66. The van der Waals surface area contributed by atoms with E-state index in [9.17, 15) is 4.79 Å². The first-order valence-corrected chi connectivity index (χ1v) is 10.9. The second-order valence-corrected chi connectivity index (χ2v) is 8.83. The van der Waals surface area contributed by atoms with Gasteiger partial charge in [0.25, 0.3) is 0 Å². The van der Waals surface area contributed by atoms with Crippen LogP contribution < -0.4 is 5.32 Å². The van der Waals surface area contributed by atoms with Gasteiger partial charge in [-0.3, -0.25) is 9.36 Å². The summed E-state index contributed by atoms with van der Waals surface area (Å²) >= 11 is 13.8. The van der Waals surface area contributed by atoms with Crippen molar-refractivity contribution in [2.75, 3.05) is 5.32 Å². The minimum Gasteiger partial charge on any atom is -0.360 e. The molecular formula is C21H17Cl2N5O2S. The molecule has 0 aliphatic heterocycles. The summed E-state index contributed by atoms with van der Waals surface area (Å²) < 4.78 is 6.86. The Balaban J connectivity index is 1.67. The molecule has 158 valence electrons. The minimum atomic E-state index is -0.475. The van der Waals surface area contributed by atoms with Crippen LogP contribution in [-0.4, -0.2) is 31.1 Å². The summed E-state index contributed by atoms with van der Waals surface area (Å²) in [7, 11) is 0. The number of rotatable bonds is 6. The van der Waals surface area contributed by atoms with Gasteiger partial charge in [0.1, 0.15) is 5.76 Å². The average molecular weight is 474 g/mol. The van der Waals surface area contributed by atoms with Crippen LogP contribution in [0.25, 0.3) is 17.1 Å². The number of nitrogens with zero attached hydrogens (tertiary/aromatic N) is 4. The second-order valence-electron chi connectivity index (χ2n) is 6.67. The van der Waals surface area contributed by atoms with Crippen LogP contribution in [0.5, 0.6) is 0 Å². The van der Waals surface area contributed by atoms with Crippen LogP contribution >= 0.6 is 35.0 Å². The van der Waals surface area contributed by atoms with Gasteiger partial charge in [-0.1, -0.05) is 58.3 Å². The van der Waals surface area contributed by atoms with Crippen molar-refractivity contribution in [1.29, 1.82) is 0 Å². The number of hydrogen-bond donors (Lipinski definition) is 1. The highest BCUT2D eigenvalue weighted by Crippen LogP contribution is 2.34. The van der Waals surface area contributed by atoms with Crippen molar-refractivity contribution in [2.24, 2.45) is 0 Å². The number of aromatic nitrogens is 4. The fraction of sp³-hybridized carbons (Fsp3) is 0.143. The summed E-state index contributed by atoms with van der Waals surface area (Å²) in [5, 5.41) is 16.3. The predicted molar refractivity (Wildman–Crippen MR) is 122 cm³/mol. The molecule has 10 heteroatoms. The van der Waals surface area contributed by atoms with E-state index in [4.69, 9.17) is 27.7 Å². The highest BCUT2D eigenvalue weighted by atomic mass is 35.5. The number of anilines is 1. The van der Waals surface area contributed by atoms with Crippen molar-refractivity contribution in [3.05, 3.63) is 70.4 Å². The Bertz CT molecular complexity index is 1230. The molecule has 2 aromatic heterocycles. The van der Waals surface area contributed by atoms with E-state index in [-0.39, 0.29) is 5.91 Å². The van der Waals surface area contributed by atoms with Crippen LogP contribution in [0.2, 0.25) is 10.0 Å². The highest BCUT2D eigenvalue weighted by molar-refractivity contribution is 8.00. The summed E-state index contributed by atoms with van der Waals surface area (Å²) in [6.07, 6.45) is 0. The zero-order valence-electron chi connectivity index (χ0n) is 16.5. The van der Waals surface area contributed by atoms with E-state index in [2.05, 4.69) is 20.7 Å². The Hall–Kier alpha value is -2.81. The monoisotopic (exact) mass is 473 g/mol. The summed E-state index contributed by atoms with van der Waals surface area (Å²) in [5.41, 5.74) is 1.53. The maximum Gasteiger partial charge on any atom is 0.238 e. The number of carbonyl (C=O) groups excluding carboxylic acids is 1. The maximum absolute atomic E-state index is 12.6. The average Bonchev–Trinajstić information content (AvgIpc) is 3.34. The Morgan fingerprint density at radius 3 is 2.58 bits per heavy atom. The van der Waals surface area contributed by atoms with Gasteiger partial charge in [0.15, 0.2) is 16.8 Å². The molecule has 4 rings (SSSR count). The summed E-state index contributed by atoms with van der Waals surface area (Å²) in [4.78, 5) is 12.6. The number of thioether (sulfide) groups is 1. The number of para-hydroxylation sites is 1. The Morgan fingerprint density at radius 2 is 1.90 bits per heavy atom. The van der Waals surface area contributed by atoms with Gasteiger partial charge in [0, 0.05) is 22.3 Å². The maximum atomic E-state index is 12.6. The van der Waals surface area contributed by atoms with Gasteiger partial charge in [0.05, 0.1) is 10.3 Å². The number of carbonyl (C=O) groups is 1. The van der Waals surface area contributed by atoms with Crippen molar-refractivity contribution in [3.63, 3.8) is 0 Å². The topological polar surface area (TPSA) is 85.8 Å². The molecule has 1 N–H and O–H groups in total. The van der Waals surface area contributed by atoms with E-state index in [0.717, 1.165) is 5.69 Å². The fourth-order valence-corrected chi connectivity index (χ4v) is 4.23. The van der Waals surface area contributed by atoms with E-state index in [1.165, 1.54) is 11.8 Å². The number of hydrogen-bond acceptors (Lipinski definition) is 6. The zero-order chi connectivity index (χ0) is 22.0. The SMILES string of the molecule is Cc1cc(NC(=O)C(C)Sc2nnc(-c3ccc(Cl)cc3Cl)n2-c2ccccc2)no1. The van der Waals surface area contributed by atoms with E-state index in [1.807, 2.05) is 34.9 Å². The molecule has 1 amide bonds. The molecule has 0 saturated carbocycles. The first kappa shape index (κ1) is 21.4. The first-order valence-electron chi connectivity index (χ1n) is 9.29. The first-order chi connectivity index (χ1) is 14.9. The number of nitrogens with one attached hydrogen (secondary N) is 1. The van der Waals surface area contributed by atoms with Crippen LogP contribution in [0.15, 0.2) is 64.3 Å². The summed E-state index contributed by atoms with van der Waals surface area (Å²) in [6.45, 7) is 3.54. The zero-order valence-corrected chi connectivity index (χ0v) is 18.9. The van der Waals surface area contributed by atoms with Crippen LogP contribution in [-0.2, 0) is 4.79 Å². The van der Waals surface area contributed by atoms with Crippen LogP contribution in [0.4, 0.5) is 5.82 Å². The number of amides is 1. The summed E-state index contributed by atoms with van der Waals surface area (Å²) in [5.74, 6) is 1.30. The quantitative estimate of drug-likeness (QED) is 0.363. The third-order valence-electron chi connectivity index (χ3n) is 4.35. The smallest absolute Gasteiger partial charge is 0.238 e. The van der Waals surface area contributed by atoms with Gasteiger partial charge < -0.3 is 9.84 Å². The Labute approximate surface area is 192 Å². The normalized spacial score (nSPS) is 12.0. The number of aryl methyl sites for hydroxylation is 1. The lowest BCUT2D eigenvalue weighted by molar-refractivity contribution is -0.115. The lowest BCUT2D eigenvalue weighted by atomic mass is 10.2. The van der Waals surface area contributed by atoms with E-state index < -0.39 is 5.25 Å². The molecule has 2 heterocycles. The Morgan fingerprint density at radius 1 is 1.13 bits per heavy atom. The van der Waals surface area contributed by atoms with Gasteiger partial charge in [-0.15, -0.1) is 10.2 Å². The lowest BCUT2D eigenvalue weighted by Gasteiger charge is -2.13. The second kappa shape index (κ2) is 9.13. The van der Waals surface area contributed by atoms with E-state index >= 15 is 0 Å². The molecule has 0 aliphatic carbocycles. The fourth-order valence-electron chi connectivity index (χ4n) is 2.87. The van der Waals surface area contributed by atoms with Crippen LogP contribution in [0.3, 0.4) is 0 Å². The largest absolute Gasteiger partial charge is 0.360 e. The Kier molecular flexibility index (Phi) is 6.31. The molecule has 2 aromatic carbocycles. The number of benzene rings is 2. The standard InChI is InChI=1S/C21H17Cl2N5O2S/c1-12-10-18(27-30-12)24-20(29)13(2)31-21-26-25-19(16-9-8-14(22)11-17(16)23)28(21)15-6-4-3-5-7-15/h3-11,13H,1-2H3,(H,24,27,29). The minimum absolute atomic E-state index is 0.230. The van der Waals surface area contributed by atoms with Gasteiger partial charge in [0.2, 0.25) is 5.91 Å². The molecule has 4 aromatic rings. The highest BCUT2D eigenvalue weighted by Gasteiger charge is 2.23. The van der Waals surface area contributed by atoms with Gasteiger partial charge in [-0.2, -0.15) is 0 Å². The third-order valence-corrected chi connectivity index (χ3v) is 5.94. The van der Waals surface area contributed by atoms with Gasteiger partial charge >= 0.3 is 0 Å². The molecule has 0 saturated heterocycles. The molecule has 7 nitrogen and oxygen atoms in total. The van der Waals surface area contributed by atoms with E-state index in [1.54, 1.807) is 38.1 Å². The molecule has 0 radical (unpaired) electrons. The molecule has 1 unspecified atom stereocenters. The van der Waals surface area contributed by atoms with Crippen LogP contribution in [0, 0.1) is 6.92 Å². The van der Waals surface area contributed by atoms with Crippen molar-refractivity contribution >= 4 is 46.7 Å². The number of halogens is 2. The molecular weight excluding hydrogens is 457 g/mol. The molecule has 0 bridgehead atoms. The van der Waals surface area contributed by atoms with Crippen molar-refractivity contribution in [3.8, 4) is 17.1 Å². The molecule has 0 fully saturated rings.